The molecule has 5 nitrogen and oxygen atoms in total. The van der Waals surface area contributed by atoms with Gasteiger partial charge in [-0.25, -0.2) is 4.79 Å². The van der Waals surface area contributed by atoms with Gasteiger partial charge in [0.2, 0.25) is 0 Å². The molecule has 0 saturated carbocycles. The highest BCUT2D eigenvalue weighted by Gasteiger charge is 2.29. The summed E-state index contributed by atoms with van der Waals surface area (Å²) in [7, 11) is 0. The molecule has 0 aliphatic heterocycles. The van der Waals surface area contributed by atoms with Gasteiger partial charge in [-0.3, -0.25) is 4.79 Å². The van der Waals surface area contributed by atoms with Crippen molar-refractivity contribution in [2.45, 2.75) is 32.5 Å². The Balaban J connectivity index is 1.94. The second-order valence-corrected chi connectivity index (χ2v) is 5.89. The summed E-state index contributed by atoms with van der Waals surface area (Å²) < 4.78 is 10.7. The molecule has 0 bridgehead atoms. The molecule has 0 aliphatic carbocycles. The van der Waals surface area contributed by atoms with Crippen molar-refractivity contribution in [3.05, 3.63) is 65.7 Å². The first kappa shape index (κ1) is 17.5. The highest BCUT2D eigenvalue weighted by Crippen LogP contribution is 2.20. The average molecular weight is 328 g/mol. The zero-order valence-electron chi connectivity index (χ0n) is 13.7. The lowest BCUT2D eigenvalue weighted by Gasteiger charge is -2.21. The summed E-state index contributed by atoms with van der Waals surface area (Å²) in [6.45, 7) is 3.16. The van der Waals surface area contributed by atoms with Gasteiger partial charge in [0.15, 0.2) is 5.60 Å². The van der Waals surface area contributed by atoms with Crippen LogP contribution in [0.5, 0.6) is 5.75 Å². The van der Waals surface area contributed by atoms with Gasteiger partial charge in [0, 0.05) is 0 Å². The van der Waals surface area contributed by atoms with Crippen LogP contribution >= 0.6 is 0 Å². The van der Waals surface area contributed by atoms with Crippen molar-refractivity contribution in [3.8, 4) is 5.75 Å². The van der Waals surface area contributed by atoms with E-state index in [9.17, 15) is 9.59 Å². The van der Waals surface area contributed by atoms with Crippen molar-refractivity contribution >= 4 is 11.9 Å². The molecular formula is C19H20O5. The van der Waals surface area contributed by atoms with E-state index in [-0.39, 0.29) is 19.0 Å². The number of carboxylic acid groups (broad SMARTS) is 1. The smallest absolute Gasteiger partial charge is 0.347 e. The molecule has 2 aromatic rings. The predicted molar refractivity (Wildman–Crippen MR) is 88.7 cm³/mol. The zero-order valence-corrected chi connectivity index (χ0v) is 13.7. The molecule has 5 heteroatoms. The summed E-state index contributed by atoms with van der Waals surface area (Å²) in [6.07, 6.45) is 0.0948. The molecule has 0 atom stereocenters. The number of hydrogen-bond donors (Lipinski definition) is 1. The maximum Gasteiger partial charge on any atom is 0.347 e. The van der Waals surface area contributed by atoms with Gasteiger partial charge in [-0.15, -0.1) is 0 Å². The van der Waals surface area contributed by atoms with E-state index in [0.717, 1.165) is 5.56 Å². The number of carboxylic acids is 1. The molecule has 0 aliphatic rings. The Kier molecular flexibility index (Phi) is 5.58. The molecule has 0 amide bonds. The molecule has 1 N–H and O–H groups in total. The summed E-state index contributed by atoms with van der Waals surface area (Å²) in [5.41, 5.74) is 0.282. The quantitative estimate of drug-likeness (QED) is 0.790. The first-order valence-corrected chi connectivity index (χ1v) is 7.58. The van der Waals surface area contributed by atoms with E-state index in [2.05, 4.69) is 0 Å². The van der Waals surface area contributed by atoms with Crippen molar-refractivity contribution in [1.29, 1.82) is 0 Å². The molecule has 0 unspecified atom stereocenters. The van der Waals surface area contributed by atoms with Crippen LogP contribution in [0.25, 0.3) is 0 Å². The number of carbonyl (C=O) groups is 2. The van der Waals surface area contributed by atoms with Gasteiger partial charge < -0.3 is 14.6 Å². The monoisotopic (exact) mass is 328 g/mol. The van der Waals surface area contributed by atoms with E-state index in [1.54, 1.807) is 24.3 Å². The number of aliphatic carboxylic acids is 1. The minimum absolute atomic E-state index is 0.0948. The van der Waals surface area contributed by atoms with Gasteiger partial charge >= 0.3 is 11.9 Å². The van der Waals surface area contributed by atoms with Crippen LogP contribution in [0.3, 0.4) is 0 Å². The maximum absolute atomic E-state index is 11.9. The van der Waals surface area contributed by atoms with Crippen LogP contribution in [0, 0.1) is 0 Å². The minimum atomic E-state index is -1.34. The molecule has 0 heterocycles. The van der Waals surface area contributed by atoms with Crippen molar-refractivity contribution in [2.75, 3.05) is 0 Å². The number of hydrogen-bond acceptors (Lipinski definition) is 4. The van der Waals surface area contributed by atoms with Crippen LogP contribution in [0.4, 0.5) is 0 Å². The van der Waals surface area contributed by atoms with Crippen molar-refractivity contribution in [1.82, 2.24) is 0 Å². The van der Waals surface area contributed by atoms with E-state index in [4.69, 9.17) is 14.6 Å². The molecule has 0 radical (unpaired) electrons. The maximum atomic E-state index is 11.9. The van der Waals surface area contributed by atoms with E-state index in [1.807, 2.05) is 30.3 Å². The summed E-state index contributed by atoms with van der Waals surface area (Å²) in [5, 5.41) is 9.10. The second-order valence-electron chi connectivity index (χ2n) is 5.89. The summed E-state index contributed by atoms with van der Waals surface area (Å²) in [5.74, 6) is -1.01. The number of rotatable bonds is 7. The van der Waals surface area contributed by atoms with Gasteiger partial charge in [0.25, 0.3) is 0 Å². The largest absolute Gasteiger partial charge is 0.478 e. The van der Waals surface area contributed by atoms with Crippen LogP contribution < -0.4 is 4.74 Å². The number of carbonyl (C=O) groups excluding carboxylic acids is 1. The van der Waals surface area contributed by atoms with Gasteiger partial charge in [-0.2, -0.15) is 0 Å². The molecular weight excluding hydrogens is 308 g/mol. The Labute approximate surface area is 140 Å². The fourth-order valence-corrected chi connectivity index (χ4v) is 2.01. The van der Waals surface area contributed by atoms with Gasteiger partial charge in [0.05, 0.1) is 6.42 Å². The van der Waals surface area contributed by atoms with Gasteiger partial charge in [0.1, 0.15) is 12.4 Å². The predicted octanol–water partition coefficient (Wildman–Crippen LogP) is 3.21. The lowest BCUT2D eigenvalue weighted by molar-refractivity contribution is -0.152. The first-order valence-electron chi connectivity index (χ1n) is 7.58. The lowest BCUT2D eigenvalue weighted by Crippen LogP contribution is -2.37. The summed E-state index contributed by atoms with van der Waals surface area (Å²) >= 11 is 0. The van der Waals surface area contributed by atoms with Crippen molar-refractivity contribution in [3.63, 3.8) is 0 Å². The third kappa shape index (κ3) is 5.12. The summed E-state index contributed by atoms with van der Waals surface area (Å²) in [6, 6.07) is 16.2. The Morgan fingerprint density at radius 3 is 2.33 bits per heavy atom. The van der Waals surface area contributed by atoms with Crippen molar-refractivity contribution in [2.24, 2.45) is 0 Å². The van der Waals surface area contributed by atoms with Crippen LogP contribution in [-0.4, -0.2) is 22.6 Å². The third-order valence-electron chi connectivity index (χ3n) is 3.38. The van der Waals surface area contributed by atoms with Gasteiger partial charge in [-0.05, 0) is 37.1 Å². The fourth-order valence-electron chi connectivity index (χ4n) is 2.01. The average Bonchev–Trinajstić information content (AvgIpc) is 2.54. The third-order valence-corrected chi connectivity index (χ3v) is 3.38. The van der Waals surface area contributed by atoms with E-state index >= 15 is 0 Å². The number of esters is 1. The van der Waals surface area contributed by atoms with E-state index < -0.39 is 11.6 Å². The first-order chi connectivity index (χ1) is 11.4. The highest BCUT2D eigenvalue weighted by molar-refractivity contribution is 5.77. The van der Waals surface area contributed by atoms with Crippen LogP contribution in [-0.2, 0) is 27.4 Å². The minimum Gasteiger partial charge on any atom is -0.478 e. The molecule has 2 aromatic carbocycles. The van der Waals surface area contributed by atoms with Gasteiger partial charge in [-0.1, -0.05) is 42.5 Å². The highest BCUT2D eigenvalue weighted by atomic mass is 16.5. The number of ether oxygens (including phenoxy) is 2. The van der Waals surface area contributed by atoms with E-state index in [1.165, 1.54) is 13.8 Å². The van der Waals surface area contributed by atoms with Crippen LogP contribution in [0.15, 0.2) is 54.6 Å². The topological polar surface area (TPSA) is 72.8 Å². The standard InChI is InChI=1S/C19H20O5/c1-19(2,18(21)22)24-16-10-6-9-15(11-16)12-17(20)23-13-14-7-4-3-5-8-14/h3-11H,12-13H2,1-2H3,(H,21,22). The van der Waals surface area contributed by atoms with Crippen molar-refractivity contribution < 1.29 is 24.2 Å². The molecule has 0 saturated heterocycles. The molecule has 0 fully saturated rings. The second kappa shape index (κ2) is 7.64. The lowest BCUT2D eigenvalue weighted by atomic mass is 10.1. The number of benzene rings is 2. The molecule has 24 heavy (non-hydrogen) atoms. The van der Waals surface area contributed by atoms with Crippen LogP contribution in [0.1, 0.15) is 25.0 Å². The Hall–Kier alpha value is -2.82. The molecule has 0 spiro atoms. The molecule has 126 valence electrons. The Morgan fingerprint density at radius 1 is 1.00 bits per heavy atom. The normalized spacial score (nSPS) is 10.9. The fraction of sp³-hybridized carbons (Fsp3) is 0.263. The molecule has 0 aromatic heterocycles. The Morgan fingerprint density at radius 2 is 1.67 bits per heavy atom. The van der Waals surface area contributed by atoms with Crippen LogP contribution in [0.2, 0.25) is 0 Å². The SMILES string of the molecule is CC(C)(Oc1cccc(CC(=O)OCc2ccccc2)c1)C(=O)O. The zero-order chi connectivity index (χ0) is 17.6. The Bertz CT molecular complexity index is 707. The summed E-state index contributed by atoms with van der Waals surface area (Å²) in [4.78, 5) is 23.0. The van der Waals surface area contributed by atoms with E-state index in [0.29, 0.717) is 11.3 Å². The molecule has 2 rings (SSSR count).